The van der Waals surface area contributed by atoms with Crippen LogP contribution >= 0.6 is 0 Å². The fourth-order valence-electron chi connectivity index (χ4n) is 2.92. The predicted molar refractivity (Wildman–Crippen MR) is 108 cm³/mol. The highest BCUT2D eigenvalue weighted by atomic mass is 14.2. The molecule has 0 radical (unpaired) electrons. The SMILES string of the molecule is C=C/C=C\C(C)=C\C1=CC(c2ccc(/C=C(\C)C#N)c(C)c2)CC=C1. The van der Waals surface area contributed by atoms with Crippen molar-refractivity contribution in [1.29, 1.82) is 5.26 Å². The molecule has 0 saturated heterocycles. The molecule has 1 aromatic rings. The van der Waals surface area contributed by atoms with Gasteiger partial charge in [0.25, 0.3) is 0 Å². The molecule has 1 unspecified atom stereocenters. The Kier molecular flexibility index (Phi) is 6.54. The monoisotopic (exact) mass is 327 g/mol. The van der Waals surface area contributed by atoms with Crippen molar-refractivity contribution in [2.75, 3.05) is 0 Å². The number of hydrogen-bond donors (Lipinski definition) is 0. The van der Waals surface area contributed by atoms with E-state index >= 15 is 0 Å². The van der Waals surface area contributed by atoms with Gasteiger partial charge in [-0.1, -0.05) is 72.9 Å². The van der Waals surface area contributed by atoms with Crippen LogP contribution in [-0.4, -0.2) is 0 Å². The standard InChI is InChI=1S/C24H25N/c1-5-6-8-18(2)13-21-9-7-10-23(16-21)24-12-11-22(20(4)15-24)14-19(3)17-25/h5-9,11-16,23H,1,10H2,2-4H3/b8-6-,18-13+,19-14+. The average Bonchev–Trinajstić information content (AvgIpc) is 2.61. The van der Waals surface area contributed by atoms with Gasteiger partial charge in [0, 0.05) is 11.5 Å². The summed E-state index contributed by atoms with van der Waals surface area (Å²) in [7, 11) is 0. The van der Waals surface area contributed by atoms with Crippen molar-refractivity contribution in [2.45, 2.75) is 33.1 Å². The third-order valence-corrected chi connectivity index (χ3v) is 4.25. The van der Waals surface area contributed by atoms with Crippen LogP contribution in [0.4, 0.5) is 0 Å². The maximum atomic E-state index is 8.95. The van der Waals surface area contributed by atoms with Crippen LogP contribution in [0.1, 0.15) is 42.9 Å². The fraction of sp³-hybridized carbons (Fsp3) is 0.208. The third-order valence-electron chi connectivity index (χ3n) is 4.25. The smallest absolute Gasteiger partial charge is 0.0944 e. The van der Waals surface area contributed by atoms with Crippen LogP contribution < -0.4 is 0 Å². The highest BCUT2D eigenvalue weighted by molar-refractivity contribution is 5.60. The van der Waals surface area contributed by atoms with Gasteiger partial charge in [0.1, 0.15) is 0 Å². The molecule has 1 heteroatoms. The molecule has 0 heterocycles. The van der Waals surface area contributed by atoms with Gasteiger partial charge in [-0.25, -0.2) is 0 Å². The van der Waals surface area contributed by atoms with Gasteiger partial charge < -0.3 is 0 Å². The summed E-state index contributed by atoms with van der Waals surface area (Å²) in [4.78, 5) is 0. The van der Waals surface area contributed by atoms with Gasteiger partial charge in [0.2, 0.25) is 0 Å². The zero-order chi connectivity index (χ0) is 18.2. The van der Waals surface area contributed by atoms with Crippen molar-refractivity contribution < 1.29 is 0 Å². The molecule has 0 amide bonds. The maximum Gasteiger partial charge on any atom is 0.0944 e. The van der Waals surface area contributed by atoms with E-state index in [1.807, 2.05) is 19.1 Å². The molecule has 0 N–H and O–H groups in total. The molecule has 1 aliphatic rings. The van der Waals surface area contributed by atoms with E-state index in [0.717, 1.165) is 17.6 Å². The maximum absolute atomic E-state index is 8.95. The Morgan fingerprint density at radius 1 is 1.28 bits per heavy atom. The number of aryl methyl sites for hydroxylation is 1. The molecule has 126 valence electrons. The quantitative estimate of drug-likeness (QED) is 0.442. The van der Waals surface area contributed by atoms with Crippen molar-refractivity contribution in [3.63, 3.8) is 0 Å². The summed E-state index contributed by atoms with van der Waals surface area (Å²) < 4.78 is 0. The Balaban J connectivity index is 2.26. The van der Waals surface area contributed by atoms with E-state index in [4.69, 9.17) is 5.26 Å². The van der Waals surface area contributed by atoms with E-state index in [1.165, 1.54) is 22.3 Å². The molecule has 0 aliphatic heterocycles. The molecule has 1 atom stereocenters. The number of benzene rings is 1. The molecular weight excluding hydrogens is 302 g/mol. The second-order valence-corrected chi connectivity index (χ2v) is 6.45. The first kappa shape index (κ1) is 18.5. The molecule has 1 nitrogen and oxygen atoms in total. The molecule has 2 rings (SSSR count). The summed E-state index contributed by atoms with van der Waals surface area (Å²) in [5.41, 5.74) is 6.82. The van der Waals surface area contributed by atoms with E-state index in [0.29, 0.717) is 5.92 Å². The Morgan fingerprint density at radius 2 is 2.08 bits per heavy atom. The number of nitriles is 1. The first-order chi connectivity index (χ1) is 12.0. The largest absolute Gasteiger partial charge is 0.193 e. The van der Waals surface area contributed by atoms with Crippen LogP contribution in [0.25, 0.3) is 6.08 Å². The predicted octanol–water partition coefficient (Wildman–Crippen LogP) is 6.58. The van der Waals surface area contributed by atoms with Gasteiger partial charge in [-0.2, -0.15) is 5.26 Å². The normalized spacial score (nSPS) is 18.2. The Hall–Kier alpha value is -2.85. The topological polar surface area (TPSA) is 23.8 Å². The first-order valence-corrected chi connectivity index (χ1v) is 8.58. The third kappa shape index (κ3) is 5.33. The van der Waals surface area contributed by atoms with Gasteiger partial charge in [0.15, 0.2) is 0 Å². The zero-order valence-corrected chi connectivity index (χ0v) is 15.3. The number of nitrogens with zero attached hydrogens (tertiary/aromatic N) is 1. The van der Waals surface area contributed by atoms with Crippen molar-refractivity contribution >= 4 is 6.08 Å². The van der Waals surface area contributed by atoms with Crippen LogP contribution in [0.15, 0.2) is 84.0 Å². The van der Waals surface area contributed by atoms with Gasteiger partial charge in [0.05, 0.1) is 6.07 Å². The second kappa shape index (κ2) is 8.85. The van der Waals surface area contributed by atoms with Gasteiger partial charge >= 0.3 is 0 Å². The lowest BCUT2D eigenvalue weighted by molar-refractivity contribution is 0.845. The lowest BCUT2D eigenvalue weighted by Crippen LogP contribution is -2.00. The van der Waals surface area contributed by atoms with Gasteiger partial charge in [-0.15, -0.1) is 0 Å². The molecule has 0 aromatic heterocycles. The number of hydrogen-bond acceptors (Lipinski definition) is 1. The molecular formula is C24H25N. The van der Waals surface area contributed by atoms with Crippen LogP contribution in [0.5, 0.6) is 0 Å². The van der Waals surface area contributed by atoms with E-state index in [-0.39, 0.29) is 0 Å². The van der Waals surface area contributed by atoms with Gasteiger partial charge in [-0.05, 0) is 55.5 Å². The summed E-state index contributed by atoms with van der Waals surface area (Å²) in [6, 6.07) is 8.71. The zero-order valence-electron chi connectivity index (χ0n) is 15.3. The molecule has 25 heavy (non-hydrogen) atoms. The fourth-order valence-corrected chi connectivity index (χ4v) is 2.92. The highest BCUT2D eigenvalue weighted by Crippen LogP contribution is 2.29. The van der Waals surface area contributed by atoms with Crippen molar-refractivity contribution in [3.8, 4) is 6.07 Å². The van der Waals surface area contributed by atoms with E-state index in [1.54, 1.807) is 6.08 Å². The molecule has 0 spiro atoms. The molecule has 1 aromatic carbocycles. The minimum absolute atomic E-state index is 0.390. The summed E-state index contributed by atoms with van der Waals surface area (Å²) in [6.45, 7) is 9.75. The van der Waals surface area contributed by atoms with Crippen molar-refractivity contribution in [1.82, 2.24) is 0 Å². The summed E-state index contributed by atoms with van der Waals surface area (Å²) in [6.07, 6.45) is 17.7. The van der Waals surface area contributed by atoms with Crippen LogP contribution in [0.3, 0.4) is 0 Å². The second-order valence-electron chi connectivity index (χ2n) is 6.45. The Morgan fingerprint density at radius 3 is 2.76 bits per heavy atom. The minimum atomic E-state index is 0.390. The van der Waals surface area contributed by atoms with E-state index < -0.39 is 0 Å². The number of rotatable bonds is 5. The highest BCUT2D eigenvalue weighted by Gasteiger charge is 2.12. The lowest BCUT2D eigenvalue weighted by atomic mass is 9.87. The molecule has 0 bridgehead atoms. The van der Waals surface area contributed by atoms with E-state index in [2.05, 4.69) is 75.1 Å². The average molecular weight is 327 g/mol. The lowest BCUT2D eigenvalue weighted by Gasteiger charge is -2.17. The summed E-state index contributed by atoms with van der Waals surface area (Å²) in [5, 5.41) is 8.95. The van der Waals surface area contributed by atoms with Crippen LogP contribution in [-0.2, 0) is 0 Å². The minimum Gasteiger partial charge on any atom is -0.193 e. The molecule has 0 saturated carbocycles. The van der Waals surface area contributed by atoms with Gasteiger partial charge in [-0.3, -0.25) is 0 Å². The molecule has 1 aliphatic carbocycles. The van der Waals surface area contributed by atoms with Crippen molar-refractivity contribution in [2.24, 2.45) is 0 Å². The molecule has 0 fully saturated rings. The van der Waals surface area contributed by atoms with Crippen LogP contribution in [0.2, 0.25) is 0 Å². The van der Waals surface area contributed by atoms with E-state index in [9.17, 15) is 0 Å². The van der Waals surface area contributed by atoms with Crippen LogP contribution in [0, 0.1) is 18.3 Å². The number of allylic oxidation sites excluding steroid dienone is 10. The summed E-state index contributed by atoms with van der Waals surface area (Å²) in [5.74, 6) is 0.390. The Labute approximate surface area is 151 Å². The summed E-state index contributed by atoms with van der Waals surface area (Å²) >= 11 is 0. The van der Waals surface area contributed by atoms with Crippen molar-refractivity contribution in [3.05, 3.63) is 101 Å². The first-order valence-electron chi connectivity index (χ1n) is 8.58. The Bertz CT molecular complexity index is 835.